The Morgan fingerprint density at radius 2 is 2.11 bits per heavy atom. The van der Waals surface area contributed by atoms with E-state index in [4.69, 9.17) is 4.74 Å². The predicted molar refractivity (Wildman–Crippen MR) is 83.5 cm³/mol. The summed E-state index contributed by atoms with van der Waals surface area (Å²) in [4.78, 5) is 13.3. The largest absolute Gasteiger partial charge is 0.492 e. The van der Waals surface area contributed by atoms with Gasteiger partial charge in [0.15, 0.2) is 0 Å². The molecule has 1 aromatic heterocycles. The highest BCUT2D eigenvalue weighted by molar-refractivity contribution is 9.11. The molecule has 0 aliphatic carbocycles. The molecule has 0 bridgehead atoms. The molecule has 0 N–H and O–H groups in total. The first-order valence-electron chi connectivity index (χ1n) is 5.82. The van der Waals surface area contributed by atoms with Crippen molar-refractivity contribution in [3.05, 3.63) is 48.0 Å². The zero-order valence-corrected chi connectivity index (χ0v) is 14.1. The third kappa shape index (κ3) is 2.39. The van der Waals surface area contributed by atoms with Crippen LogP contribution in [0.1, 0.15) is 26.4 Å². The smallest absolute Gasteiger partial charge is 0.206 e. The molecule has 1 aliphatic heterocycles. The molecule has 5 heteroatoms. The molecule has 0 radical (unpaired) electrons. The summed E-state index contributed by atoms with van der Waals surface area (Å²) in [6.07, 6.45) is 0.863. The molecule has 2 nitrogen and oxygen atoms in total. The summed E-state index contributed by atoms with van der Waals surface area (Å²) >= 11 is 8.39. The Kier molecular flexibility index (Phi) is 3.53. The summed E-state index contributed by atoms with van der Waals surface area (Å²) in [6.45, 7) is 2.64. The lowest BCUT2D eigenvalue weighted by Crippen LogP contribution is -2.02. The van der Waals surface area contributed by atoms with Gasteiger partial charge in [0.25, 0.3) is 0 Å². The molecule has 98 valence electrons. The van der Waals surface area contributed by atoms with Crippen molar-refractivity contribution < 1.29 is 9.53 Å². The van der Waals surface area contributed by atoms with Gasteiger partial charge >= 0.3 is 0 Å². The number of hydrogen-bond donors (Lipinski definition) is 0. The lowest BCUT2D eigenvalue weighted by Gasteiger charge is -2.07. The van der Waals surface area contributed by atoms with E-state index in [0.29, 0.717) is 12.2 Å². The van der Waals surface area contributed by atoms with Crippen LogP contribution in [-0.4, -0.2) is 12.4 Å². The molecule has 2 aromatic rings. The first-order chi connectivity index (χ1) is 9.06. The molecule has 0 atom stereocenters. The molecule has 3 rings (SSSR count). The van der Waals surface area contributed by atoms with Crippen molar-refractivity contribution in [2.75, 3.05) is 6.61 Å². The highest BCUT2D eigenvalue weighted by atomic mass is 79.9. The molecular formula is C14H10Br2O2S. The number of halogens is 2. The minimum absolute atomic E-state index is 0.0262. The van der Waals surface area contributed by atoms with E-state index >= 15 is 0 Å². The van der Waals surface area contributed by atoms with E-state index < -0.39 is 0 Å². The maximum absolute atomic E-state index is 12.6. The van der Waals surface area contributed by atoms with Crippen molar-refractivity contribution in [3.8, 4) is 5.75 Å². The number of benzene rings is 1. The highest BCUT2D eigenvalue weighted by Gasteiger charge is 2.24. The Morgan fingerprint density at radius 1 is 1.32 bits per heavy atom. The molecule has 19 heavy (non-hydrogen) atoms. The van der Waals surface area contributed by atoms with Crippen LogP contribution in [-0.2, 0) is 6.42 Å². The molecule has 0 fully saturated rings. The number of rotatable bonds is 2. The second-order valence-electron chi connectivity index (χ2n) is 4.44. The topological polar surface area (TPSA) is 26.3 Å². The molecule has 2 heterocycles. The zero-order chi connectivity index (χ0) is 13.6. The molecular weight excluding hydrogens is 392 g/mol. The molecule has 0 unspecified atom stereocenters. The van der Waals surface area contributed by atoms with Crippen LogP contribution in [0.25, 0.3) is 0 Å². The first-order valence-corrected chi connectivity index (χ1v) is 8.22. The van der Waals surface area contributed by atoms with Gasteiger partial charge in [-0.05, 0) is 52.2 Å². The van der Waals surface area contributed by atoms with Gasteiger partial charge in [-0.3, -0.25) is 4.79 Å². The molecule has 0 amide bonds. The van der Waals surface area contributed by atoms with E-state index in [0.717, 1.165) is 36.4 Å². The Balaban J connectivity index is 2.09. The highest BCUT2D eigenvalue weighted by Crippen LogP contribution is 2.36. The summed E-state index contributed by atoms with van der Waals surface area (Å²) in [5.74, 6) is 0.772. The fraction of sp³-hybridized carbons (Fsp3) is 0.214. The summed E-state index contributed by atoms with van der Waals surface area (Å²) in [5.41, 5.74) is 2.83. The third-order valence-corrected chi connectivity index (χ3v) is 5.67. The van der Waals surface area contributed by atoms with Crippen LogP contribution < -0.4 is 4.74 Å². The number of fused-ring (bicyclic) bond motifs is 1. The van der Waals surface area contributed by atoms with Crippen LogP contribution in [0.5, 0.6) is 5.75 Å². The third-order valence-electron chi connectivity index (χ3n) is 3.07. The number of aryl methyl sites for hydroxylation is 1. The van der Waals surface area contributed by atoms with Crippen LogP contribution in [0.4, 0.5) is 0 Å². The molecule has 0 saturated heterocycles. The standard InChI is InChI=1S/C14H10Br2O2S/c1-7-4-11(19-14(7)16)12(17)10-6-9(15)5-8-2-3-18-13(8)10/h4-6H,2-3H2,1H3. The number of hydrogen-bond acceptors (Lipinski definition) is 3. The van der Waals surface area contributed by atoms with Gasteiger partial charge < -0.3 is 4.74 Å². The van der Waals surface area contributed by atoms with Crippen LogP contribution in [0.3, 0.4) is 0 Å². The predicted octanol–water partition coefficient (Wildman–Crippen LogP) is 4.75. The molecule has 0 spiro atoms. The van der Waals surface area contributed by atoms with Crippen molar-refractivity contribution in [2.24, 2.45) is 0 Å². The van der Waals surface area contributed by atoms with Crippen molar-refractivity contribution in [1.29, 1.82) is 0 Å². The quantitative estimate of drug-likeness (QED) is 0.679. The fourth-order valence-electron chi connectivity index (χ4n) is 2.14. The minimum Gasteiger partial charge on any atom is -0.492 e. The van der Waals surface area contributed by atoms with Crippen molar-refractivity contribution in [1.82, 2.24) is 0 Å². The number of carbonyl (C=O) groups excluding carboxylic acids is 1. The number of ether oxygens (including phenoxy) is 1. The summed E-state index contributed by atoms with van der Waals surface area (Å²) in [6, 6.07) is 5.78. The van der Waals surface area contributed by atoms with Crippen LogP contribution >= 0.6 is 43.2 Å². The Hall–Kier alpha value is -0.650. The van der Waals surface area contributed by atoms with Crippen LogP contribution in [0, 0.1) is 6.92 Å². The van der Waals surface area contributed by atoms with E-state index in [9.17, 15) is 4.79 Å². The Bertz CT molecular complexity index is 657. The minimum atomic E-state index is 0.0262. The van der Waals surface area contributed by atoms with Crippen LogP contribution in [0.15, 0.2) is 26.5 Å². The lowest BCUT2D eigenvalue weighted by molar-refractivity contribution is 0.103. The second-order valence-corrected chi connectivity index (χ2v) is 7.72. The maximum atomic E-state index is 12.6. The van der Waals surface area contributed by atoms with E-state index in [2.05, 4.69) is 31.9 Å². The van der Waals surface area contributed by atoms with E-state index in [1.165, 1.54) is 11.3 Å². The lowest BCUT2D eigenvalue weighted by atomic mass is 10.0. The second kappa shape index (κ2) is 5.04. The number of carbonyl (C=O) groups is 1. The summed E-state index contributed by atoms with van der Waals surface area (Å²) in [5, 5.41) is 0. The van der Waals surface area contributed by atoms with Crippen molar-refractivity contribution >= 4 is 49.0 Å². The average Bonchev–Trinajstić information content (AvgIpc) is 2.95. The fourth-order valence-corrected chi connectivity index (χ4v) is 4.14. The monoisotopic (exact) mass is 400 g/mol. The van der Waals surface area contributed by atoms with Crippen LogP contribution in [0.2, 0.25) is 0 Å². The molecule has 1 aliphatic rings. The van der Waals surface area contributed by atoms with Gasteiger partial charge in [0.2, 0.25) is 5.78 Å². The molecule has 0 saturated carbocycles. The van der Waals surface area contributed by atoms with Crippen molar-refractivity contribution in [2.45, 2.75) is 13.3 Å². The SMILES string of the molecule is Cc1cc(C(=O)c2cc(Br)cc3c2OCC3)sc1Br. The van der Waals surface area contributed by atoms with Crippen molar-refractivity contribution in [3.63, 3.8) is 0 Å². The van der Waals surface area contributed by atoms with Gasteiger partial charge in [0.05, 0.1) is 20.8 Å². The molecule has 1 aromatic carbocycles. The summed E-state index contributed by atoms with van der Waals surface area (Å²) in [7, 11) is 0. The Labute approximate surface area is 132 Å². The summed E-state index contributed by atoms with van der Waals surface area (Å²) < 4.78 is 7.54. The first kappa shape index (κ1) is 13.3. The maximum Gasteiger partial charge on any atom is 0.206 e. The van der Waals surface area contributed by atoms with Gasteiger partial charge in [-0.2, -0.15) is 0 Å². The normalized spacial score (nSPS) is 13.2. The van der Waals surface area contributed by atoms with E-state index in [1.807, 2.05) is 25.1 Å². The van der Waals surface area contributed by atoms with Gasteiger partial charge in [-0.15, -0.1) is 11.3 Å². The van der Waals surface area contributed by atoms with E-state index in [1.54, 1.807) is 0 Å². The van der Waals surface area contributed by atoms with E-state index in [-0.39, 0.29) is 5.78 Å². The van der Waals surface area contributed by atoms with Gasteiger partial charge in [-0.25, -0.2) is 0 Å². The van der Waals surface area contributed by atoms with Gasteiger partial charge in [-0.1, -0.05) is 15.9 Å². The van der Waals surface area contributed by atoms with Gasteiger partial charge in [0.1, 0.15) is 5.75 Å². The van der Waals surface area contributed by atoms with Gasteiger partial charge in [0, 0.05) is 10.9 Å². The number of ketones is 1. The average molecular weight is 402 g/mol. The zero-order valence-electron chi connectivity index (χ0n) is 10.1. The number of thiophene rings is 1. The Morgan fingerprint density at radius 3 is 2.79 bits per heavy atom.